The lowest BCUT2D eigenvalue weighted by Gasteiger charge is -2.11. The Labute approximate surface area is 190 Å². The van der Waals surface area contributed by atoms with E-state index < -0.39 is 18.5 Å². The second kappa shape index (κ2) is 9.91. The van der Waals surface area contributed by atoms with Gasteiger partial charge < -0.3 is 14.8 Å². The number of fused-ring (bicyclic) bond motifs is 1. The number of amides is 1. The largest absolute Gasteiger partial charge is 0.496 e. The Morgan fingerprint density at radius 2 is 1.70 bits per heavy atom. The molecule has 0 fully saturated rings. The first-order chi connectivity index (χ1) is 16.0. The monoisotopic (exact) mass is 444 g/mol. The lowest BCUT2D eigenvalue weighted by Crippen LogP contribution is -2.28. The number of para-hydroxylation sites is 2. The molecule has 0 atom stereocenters. The van der Waals surface area contributed by atoms with Gasteiger partial charge in [0, 0.05) is 23.1 Å². The number of benzene rings is 3. The zero-order valence-electron chi connectivity index (χ0n) is 17.9. The highest BCUT2D eigenvalue weighted by molar-refractivity contribution is 6.05. The Hall–Kier alpha value is -4.26. The van der Waals surface area contributed by atoms with Crippen LogP contribution in [0.3, 0.4) is 0 Å². The summed E-state index contributed by atoms with van der Waals surface area (Å²) in [5.41, 5.74) is 2.83. The number of hydrogen-bond donors (Lipinski definition) is 1. The molecule has 0 aliphatic rings. The second-order valence-electron chi connectivity index (χ2n) is 7.24. The molecule has 0 spiro atoms. The highest BCUT2D eigenvalue weighted by atomic mass is 19.1. The SMILES string of the molecule is COc1ccccc1CNC(=O)COC(=O)c1cc(-c2ccc(F)cc2)nc2ccccc12. The van der Waals surface area contributed by atoms with E-state index in [9.17, 15) is 14.0 Å². The zero-order chi connectivity index (χ0) is 23.2. The molecule has 1 amide bonds. The number of hydrogen-bond acceptors (Lipinski definition) is 5. The number of aromatic nitrogens is 1. The first-order valence-corrected chi connectivity index (χ1v) is 10.3. The molecule has 0 aliphatic heterocycles. The van der Waals surface area contributed by atoms with Crippen LogP contribution in [0.15, 0.2) is 78.9 Å². The third-order valence-corrected chi connectivity index (χ3v) is 5.08. The van der Waals surface area contributed by atoms with Crippen molar-refractivity contribution in [3.63, 3.8) is 0 Å². The van der Waals surface area contributed by atoms with Crippen LogP contribution in [-0.4, -0.2) is 30.6 Å². The molecule has 33 heavy (non-hydrogen) atoms. The van der Waals surface area contributed by atoms with E-state index in [1.807, 2.05) is 24.3 Å². The number of rotatable bonds is 7. The van der Waals surface area contributed by atoms with Crippen LogP contribution in [0.5, 0.6) is 5.75 Å². The van der Waals surface area contributed by atoms with E-state index in [4.69, 9.17) is 9.47 Å². The Morgan fingerprint density at radius 3 is 2.48 bits per heavy atom. The number of methoxy groups -OCH3 is 1. The Bertz CT molecular complexity index is 1310. The summed E-state index contributed by atoms with van der Waals surface area (Å²) in [4.78, 5) is 29.7. The van der Waals surface area contributed by atoms with Gasteiger partial charge >= 0.3 is 5.97 Å². The third kappa shape index (κ3) is 5.15. The topological polar surface area (TPSA) is 77.5 Å². The highest BCUT2D eigenvalue weighted by Gasteiger charge is 2.17. The van der Waals surface area contributed by atoms with Gasteiger partial charge in [0.2, 0.25) is 0 Å². The standard InChI is InChI=1S/C26H21FN2O4/c1-32-24-9-5-2-6-18(24)15-28-25(30)16-33-26(31)21-14-23(17-10-12-19(27)13-11-17)29-22-8-4-3-7-20(21)22/h2-14H,15-16H2,1H3,(H,28,30). The number of pyridine rings is 1. The van der Waals surface area contributed by atoms with Gasteiger partial charge in [-0.3, -0.25) is 4.79 Å². The van der Waals surface area contributed by atoms with Crippen molar-refractivity contribution >= 4 is 22.8 Å². The van der Waals surface area contributed by atoms with Gasteiger partial charge in [-0.2, -0.15) is 0 Å². The molecule has 1 aromatic heterocycles. The van der Waals surface area contributed by atoms with Crippen molar-refractivity contribution in [1.82, 2.24) is 10.3 Å². The second-order valence-corrected chi connectivity index (χ2v) is 7.24. The number of halogens is 1. The molecule has 7 heteroatoms. The van der Waals surface area contributed by atoms with Crippen LogP contribution >= 0.6 is 0 Å². The number of esters is 1. The third-order valence-electron chi connectivity index (χ3n) is 5.08. The molecule has 1 heterocycles. The summed E-state index contributed by atoms with van der Waals surface area (Å²) in [5.74, 6) is -0.791. The molecule has 0 unspecified atom stereocenters. The van der Waals surface area contributed by atoms with Crippen LogP contribution in [0, 0.1) is 5.82 Å². The van der Waals surface area contributed by atoms with Crippen LogP contribution in [-0.2, 0) is 16.1 Å². The van der Waals surface area contributed by atoms with Crippen LogP contribution in [0.2, 0.25) is 0 Å². The fourth-order valence-electron chi connectivity index (χ4n) is 3.42. The molecule has 0 bridgehead atoms. The van der Waals surface area contributed by atoms with Crippen molar-refractivity contribution < 1.29 is 23.5 Å². The quantitative estimate of drug-likeness (QED) is 0.424. The number of nitrogens with zero attached hydrogens (tertiary/aromatic N) is 1. The predicted molar refractivity (Wildman–Crippen MR) is 122 cm³/mol. The van der Waals surface area contributed by atoms with Crippen LogP contribution < -0.4 is 10.1 Å². The summed E-state index contributed by atoms with van der Waals surface area (Å²) >= 11 is 0. The van der Waals surface area contributed by atoms with Gasteiger partial charge in [0.15, 0.2) is 6.61 Å². The summed E-state index contributed by atoms with van der Waals surface area (Å²) < 4.78 is 23.9. The number of carbonyl (C=O) groups is 2. The lowest BCUT2D eigenvalue weighted by molar-refractivity contribution is -0.124. The Morgan fingerprint density at radius 1 is 0.970 bits per heavy atom. The fraction of sp³-hybridized carbons (Fsp3) is 0.115. The normalized spacial score (nSPS) is 10.6. The minimum Gasteiger partial charge on any atom is -0.496 e. The van der Waals surface area contributed by atoms with Gasteiger partial charge in [-0.15, -0.1) is 0 Å². The molecule has 3 aromatic carbocycles. The first-order valence-electron chi connectivity index (χ1n) is 10.3. The van der Waals surface area contributed by atoms with Crippen molar-refractivity contribution in [2.75, 3.05) is 13.7 Å². The van der Waals surface area contributed by atoms with Crippen molar-refractivity contribution in [2.45, 2.75) is 6.54 Å². The van der Waals surface area contributed by atoms with Crippen molar-refractivity contribution in [3.05, 3.63) is 95.8 Å². The van der Waals surface area contributed by atoms with E-state index in [0.717, 1.165) is 5.56 Å². The summed E-state index contributed by atoms with van der Waals surface area (Å²) in [7, 11) is 1.56. The smallest absolute Gasteiger partial charge is 0.339 e. The van der Waals surface area contributed by atoms with E-state index >= 15 is 0 Å². The van der Waals surface area contributed by atoms with Gasteiger partial charge in [0.1, 0.15) is 11.6 Å². The minimum atomic E-state index is -0.649. The van der Waals surface area contributed by atoms with E-state index in [1.165, 1.54) is 12.1 Å². The van der Waals surface area contributed by atoms with E-state index in [2.05, 4.69) is 10.3 Å². The van der Waals surface area contributed by atoms with Crippen LogP contribution in [0.4, 0.5) is 4.39 Å². The van der Waals surface area contributed by atoms with Crippen molar-refractivity contribution in [2.24, 2.45) is 0 Å². The number of ether oxygens (including phenoxy) is 2. The highest BCUT2D eigenvalue weighted by Crippen LogP contribution is 2.25. The molecular weight excluding hydrogens is 423 g/mol. The molecule has 0 saturated heterocycles. The van der Waals surface area contributed by atoms with Gasteiger partial charge in [-0.1, -0.05) is 36.4 Å². The summed E-state index contributed by atoms with van der Waals surface area (Å²) in [6.45, 7) is -0.191. The number of nitrogens with one attached hydrogen (secondary N) is 1. The first kappa shape index (κ1) is 22.0. The molecule has 4 rings (SSSR count). The molecule has 166 valence electrons. The molecule has 0 aliphatic carbocycles. The van der Waals surface area contributed by atoms with E-state index in [1.54, 1.807) is 49.6 Å². The maximum Gasteiger partial charge on any atom is 0.339 e. The van der Waals surface area contributed by atoms with Crippen molar-refractivity contribution in [3.8, 4) is 17.0 Å². The van der Waals surface area contributed by atoms with Gasteiger partial charge in [0.05, 0.1) is 23.9 Å². The average Bonchev–Trinajstić information content (AvgIpc) is 2.86. The van der Waals surface area contributed by atoms with Gasteiger partial charge in [-0.25, -0.2) is 14.2 Å². The lowest BCUT2D eigenvalue weighted by atomic mass is 10.0. The molecule has 0 radical (unpaired) electrons. The molecule has 0 saturated carbocycles. The molecular formula is C26H21FN2O4. The minimum absolute atomic E-state index is 0.243. The zero-order valence-corrected chi connectivity index (χ0v) is 17.9. The summed E-state index contributed by atoms with van der Waals surface area (Å²) in [6.07, 6.45) is 0. The van der Waals surface area contributed by atoms with Gasteiger partial charge in [-0.05, 0) is 42.5 Å². The summed E-state index contributed by atoms with van der Waals surface area (Å²) in [6, 6.07) is 21.9. The number of carbonyl (C=O) groups excluding carboxylic acids is 2. The molecule has 6 nitrogen and oxygen atoms in total. The van der Waals surface area contributed by atoms with Gasteiger partial charge in [0.25, 0.3) is 5.91 Å². The average molecular weight is 444 g/mol. The van der Waals surface area contributed by atoms with E-state index in [-0.39, 0.29) is 17.9 Å². The molecule has 1 N–H and O–H groups in total. The maximum atomic E-state index is 13.3. The molecule has 4 aromatic rings. The Kier molecular flexibility index (Phi) is 6.59. The van der Waals surface area contributed by atoms with E-state index in [0.29, 0.717) is 27.9 Å². The Balaban J connectivity index is 1.49. The summed E-state index contributed by atoms with van der Waals surface area (Å²) in [5, 5.41) is 3.32. The maximum absolute atomic E-state index is 13.3. The van der Waals surface area contributed by atoms with Crippen molar-refractivity contribution in [1.29, 1.82) is 0 Å². The fourth-order valence-corrected chi connectivity index (χ4v) is 3.42. The predicted octanol–water partition coefficient (Wildman–Crippen LogP) is 4.52. The van der Waals surface area contributed by atoms with Crippen LogP contribution in [0.25, 0.3) is 22.2 Å². The van der Waals surface area contributed by atoms with Crippen LogP contribution in [0.1, 0.15) is 15.9 Å².